The number of anilines is 1. The Kier molecular flexibility index (Phi) is 4.91. The van der Waals surface area contributed by atoms with Crippen LogP contribution in [0.2, 0.25) is 0 Å². The number of thioether (sulfide) groups is 1. The second kappa shape index (κ2) is 6.99. The molecule has 1 amide bonds. The first-order valence-corrected chi connectivity index (χ1v) is 9.36. The number of amides is 1. The number of aromatic hydroxyl groups is 1. The van der Waals surface area contributed by atoms with Gasteiger partial charge in [-0.1, -0.05) is 26.0 Å². The summed E-state index contributed by atoms with van der Waals surface area (Å²) in [5, 5.41) is 20.9. The van der Waals surface area contributed by atoms with Crippen LogP contribution in [-0.4, -0.2) is 21.7 Å². The first-order valence-electron chi connectivity index (χ1n) is 8.31. The molecule has 1 N–H and O–H groups in total. The Morgan fingerprint density at radius 2 is 2.04 bits per heavy atom. The number of nitrogens with zero attached hydrogens (tertiary/aromatic N) is 2. The molecule has 1 atom stereocenters. The van der Waals surface area contributed by atoms with E-state index in [-0.39, 0.29) is 28.6 Å². The van der Waals surface area contributed by atoms with Crippen LogP contribution in [0.5, 0.6) is 5.75 Å². The number of nitro benzene ring substituents is 1. The second-order valence-electron chi connectivity index (χ2n) is 6.63. The van der Waals surface area contributed by atoms with Crippen molar-refractivity contribution >= 4 is 29.0 Å². The molecule has 3 rings (SSSR count). The number of phenols is 1. The van der Waals surface area contributed by atoms with Crippen LogP contribution in [0.1, 0.15) is 41.8 Å². The summed E-state index contributed by atoms with van der Waals surface area (Å²) in [5.74, 6) is 0.587. The number of aryl methyl sites for hydroxylation is 1. The monoisotopic (exact) mass is 372 g/mol. The Bertz CT molecular complexity index is 882. The summed E-state index contributed by atoms with van der Waals surface area (Å²) in [6, 6.07) is 9.92. The molecule has 6 nitrogen and oxygen atoms in total. The molecule has 1 aliphatic heterocycles. The third-order valence-electron chi connectivity index (χ3n) is 4.46. The van der Waals surface area contributed by atoms with Gasteiger partial charge in [0, 0.05) is 17.8 Å². The van der Waals surface area contributed by atoms with Gasteiger partial charge in [0.1, 0.15) is 11.1 Å². The van der Waals surface area contributed by atoms with E-state index in [2.05, 4.69) is 0 Å². The summed E-state index contributed by atoms with van der Waals surface area (Å²) < 4.78 is 0. The molecule has 1 aliphatic rings. The van der Waals surface area contributed by atoms with Crippen molar-refractivity contribution in [1.82, 2.24) is 0 Å². The van der Waals surface area contributed by atoms with Crippen molar-refractivity contribution in [3.8, 4) is 5.75 Å². The number of carbonyl (C=O) groups is 1. The van der Waals surface area contributed by atoms with Crippen molar-refractivity contribution in [2.75, 3.05) is 10.7 Å². The van der Waals surface area contributed by atoms with Crippen LogP contribution in [0.3, 0.4) is 0 Å². The molecule has 0 radical (unpaired) electrons. The van der Waals surface area contributed by atoms with E-state index in [9.17, 15) is 20.0 Å². The summed E-state index contributed by atoms with van der Waals surface area (Å²) in [4.78, 5) is 24.9. The molecule has 1 unspecified atom stereocenters. The Morgan fingerprint density at radius 3 is 2.69 bits per heavy atom. The van der Waals surface area contributed by atoms with Crippen LogP contribution in [0, 0.1) is 17.0 Å². The molecule has 0 saturated carbocycles. The lowest BCUT2D eigenvalue weighted by atomic mass is 9.98. The number of nitro groups is 1. The molecule has 26 heavy (non-hydrogen) atoms. The van der Waals surface area contributed by atoms with E-state index in [1.165, 1.54) is 23.9 Å². The molecule has 0 aliphatic carbocycles. The van der Waals surface area contributed by atoms with E-state index in [0.29, 0.717) is 11.3 Å². The van der Waals surface area contributed by atoms with Gasteiger partial charge >= 0.3 is 0 Å². The molecular formula is C19H20N2O4S. The van der Waals surface area contributed by atoms with E-state index < -0.39 is 4.92 Å². The van der Waals surface area contributed by atoms with E-state index in [1.807, 2.05) is 26.8 Å². The van der Waals surface area contributed by atoms with E-state index in [4.69, 9.17) is 0 Å². The van der Waals surface area contributed by atoms with Gasteiger partial charge in [0.2, 0.25) is 5.91 Å². The molecule has 1 heterocycles. The quantitative estimate of drug-likeness (QED) is 0.630. The normalized spacial score (nSPS) is 17.2. The van der Waals surface area contributed by atoms with Gasteiger partial charge in [-0.25, -0.2) is 0 Å². The van der Waals surface area contributed by atoms with Crippen LogP contribution in [0.25, 0.3) is 0 Å². The van der Waals surface area contributed by atoms with Gasteiger partial charge in [0.25, 0.3) is 5.69 Å². The standard InChI is InChI=1S/C19H20N2O4S/c1-11(2)15-9-16(12(3)7-17(15)22)20-18(23)10-26-19(20)13-5-4-6-14(8-13)21(24)25/h4-9,11,19,22H,10H2,1-3H3. The van der Waals surface area contributed by atoms with E-state index >= 15 is 0 Å². The van der Waals surface area contributed by atoms with Crippen LogP contribution >= 0.6 is 11.8 Å². The molecule has 0 bridgehead atoms. The average molecular weight is 372 g/mol. The van der Waals surface area contributed by atoms with Crippen LogP contribution in [0.15, 0.2) is 36.4 Å². The zero-order valence-corrected chi connectivity index (χ0v) is 15.6. The minimum Gasteiger partial charge on any atom is -0.508 e. The van der Waals surface area contributed by atoms with Gasteiger partial charge < -0.3 is 5.11 Å². The number of carbonyl (C=O) groups excluding carboxylic acids is 1. The van der Waals surface area contributed by atoms with Crippen molar-refractivity contribution in [2.24, 2.45) is 0 Å². The molecule has 0 aromatic heterocycles. The molecule has 136 valence electrons. The number of benzene rings is 2. The maximum atomic E-state index is 12.6. The zero-order chi connectivity index (χ0) is 19.0. The number of hydrogen-bond donors (Lipinski definition) is 1. The highest BCUT2D eigenvalue weighted by molar-refractivity contribution is 8.00. The highest BCUT2D eigenvalue weighted by Gasteiger charge is 2.35. The van der Waals surface area contributed by atoms with Crippen molar-refractivity contribution in [3.05, 3.63) is 63.2 Å². The summed E-state index contributed by atoms with van der Waals surface area (Å²) in [5.41, 5.74) is 3.02. The molecule has 1 fully saturated rings. The fourth-order valence-electron chi connectivity index (χ4n) is 3.14. The topological polar surface area (TPSA) is 83.7 Å². The molecule has 2 aromatic carbocycles. The van der Waals surface area contributed by atoms with E-state index in [1.54, 1.807) is 23.1 Å². The van der Waals surface area contributed by atoms with Crippen LogP contribution in [-0.2, 0) is 4.79 Å². The minimum absolute atomic E-state index is 0.00713. The first-order chi connectivity index (χ1) is 12.3. The number of phenolic OH excluding ortho intramolecular Hbond substituents is 1. The maximum absolute atomic E-state index is 12.6. The van der Waals surface area contributed by atoms with Gasteiger partial charge in [0.15, 0.2) is 0 Å². The highest BCUT2D eigenvalue weighted by Crippen LogP contribution is 2.45. The zero-order valence-electron chi connectivity index (χ0n) is 14.8. The molecular weight excluding hydrogens is 352 g/mol. The predicted octanol–water partition coefficient (Wildman–Crippen LogP) is 4.51. The van der Waals surface area contributed by atoms with Crippen LogP contribution < -0.4 is 4.90 Å². The fraction of sp³-hybridized carbons (Fsp3) is 0.316. The van der Waals surface area contributed by atoms with Gasteiger partial charge in [-0.05, 0) is 41.7 Å². The Balaban J connectivity index is 2.08. The van der Waals surface area contributed by atoms with Gasteiger partial charge in [-0.3, -0.25) is 19.8 Å². The molecule has 1 saturated heterocycles. The third kappa shape index (κ3) is 3.26. The van der Waals surface area contributed by atoms with Gasteiger partial charge in [-0.15, -0.1) is 11.8 Å². The third-order valence-corrected chi connectivity index (χ3v) is 5.67. The fourth-order valence-corrected chi connectivity index (χ4v) is 4.30. The predicted molar refractivity (Wildman–Crippen MR) is 103 cm³/mol. The molecule has 7 heteroatoms. The van der Waals surface area contributed by atoms with Crippen molar-refractivity contribution in [3.63, 3.8) is 0 Å². The van der Waals surface area contributed by atoms with Gasteiger partial charge in [-0.2, -0.15) is 0 Å². The lowest BCUT2D eigenvalue weighted by Gasteiger charge is -2.27. The SMILES string of the molecule is Cc1cc(O)c(C(C)C)cc1N1C(=O)CSC1c1cccc([N+](=O)[O-])c1. The summed E-state index contributed by atoms with van der Waals surface area (Å²) >= 11 is 1.45. The summed E-state index contributed by atoms with van der Waals surface area (Å²) in [7, 11) is 0. The first kappa shape index (κ1) is 18.3. The highest BCUT2D eigenvalue weighted by atomic mass is 32.2. The van der Waals surface area contributed by atoms with Gasteiger partial charge in [0.05, 0.1) is 10.7 Å². The van der Waals surface area contributed by atoms with Crippen molar-refractivity contribution in [1.29, 1.82) is 0 Å². The maximum Gasteiger partial charge on any atom is 0.269 e. The smallest absolute Gasteiger partial charge is 0.269 e. The average Bonchev–Trinajstić information content (AvgIpc) is 2.96. The van der Waals surface area contributed by atoms with E-state index in [0.717, 1.165) is 16.8 Å². The van der Waals surface area contributed by atoms with Crippen molar-refractivity contribution in [2.45, 2.75) is 32.1 Å². The summed E-state index contributed by atoms with van der Waals surface area (Å²) in [6.07, 6.45) is 0. The Labute approximate surface area is 156 Å². The Hall–Kier alpha value is -2.54. The lowest BCUT2D eigenvalue weighted by Crippen LogP contribution is -2.28. The number of rotatable bonds is 4. The lowest BCUT2D eigenvalue weighted by molar-refractivity contribution is -0.384. The molecule has 2 aromatic rings. The summed E-state index contributed by atoms with van der Waals surface area (Å²) in [6.45, 7) is 5.81. The van der Waals surface area contributed by atoms with Crippen LogP contribution in [0.4, 0.5) is 11.4 Å². The van der Waals surface area contributed by atoms with Crippen molar-refractivity contribution < 1.29 is 14.8 Å². The minimum atomic E-state index is -0.433. The molecule has 0 spiro atoms. The second-order valence-corrected chi connectivity index (χ2v) is 7.70. The largest absolute Gasteiger partial charge is 0.508 e. The number of non-ortho nitro benzene ring substituents is 1. The number of hydrogen-bond acceptors (Lipinski definition) is 5. The Morgan fingerprint density at radius 1 is 1.31 bits per heavy atom.